The molecule has 0 amide bonds. The van der Waals surface area contributed by atoms with E-state index in [1.807, 2.05) is 32.4 Å². The van der Waals surface area contributed by atoms with E-state index >= 15 is 0 Å². The molecular weight excluding hydrogens is 697 g/mol. The number of benzene rings is 4. The number of imidazole rings is 2. The van der Waals surface area contributed by atoms with E-state index in [4.69, 9.17) is 0 Å². The van der Waals surface area contributed by atoms with Gasteiger partial charge >= 0.3 is 0 Å². The van der Waals surface area contributed by atoms with Gasteiger partial charge in [0.05, 0.1) is 59.1 Å². The Balaban J connectivity index is 0.000000147. The minimum atomic E-state index is 0.669. The molecule has 6 aromatic heterocycles. The first-order valence-corrected chi connectivity index (χ1v) is 18.4. The Morgan fingerprint density at radius 2 is 1.14 bits per heavy atom. The summed E-state index contributed by atoms with van der Waals surface area (Å²) in [6, 6.07) is 25.7. The molecule has 4 aromatic carbocycles. The third-order valence-electron chi connectivity index (χ3n) is 10.4. The summed E-state index contributed by atoms with van der Waals surface area (Å²) < 4.78 is 6.37. The molecule has 12 nitrogen and oxygen atoms in total. The lowest BCUT2D eigenvalue weighted by molar-refractivity contribution is 0.801. The highest BCUT2D eigenvalue weighted by Crippen LogP contribution is 2.34. The molecule has 0 saturated heterocycles. The summed E-state index contributed by atoms with van der Waals surface area (Å²) in [6.45, 7) is 3.37. The number of aromatic amines is 1. The molecule has 0 spiro atoms. The van der Waals surface area contributed by atoms with Gasteiger partial charge in [-0.15, -0.1) is 0 Å². The minimum absolute atomic E-state index is 0.669. The van der Waals surface area contributed by atoms with Crippen molar-refractivity contribution < 1.29 is 0 Å². The molecule has 0 saturated carbocycles. The Labute approximate surface area is 323 Å². The molecule has 0 bridgehead atoms. The smallest absolute Gasteiger partial charge is 0.105 e. The van der Waals surface area contributed by atoms with Gasteiger partial charge in [0.1, 0.15) is 5.82 Å². The van der Waals surface area contributed by atoms with Crippen LogP contribution in [0, 0.1) is 6.92 Å². The number of H-pyrrole nitrogens is 1. The van der Waals surface area contributed by atoms with Crippen molar-refractivity contribution in [3.8, 4) is 22.3 Å². The number of hydrogen-bond acceptors (Lipinski definition) is 8. The lowest BCUT2D eigenvalue weighted by Crippen LogP contribution is -2.05. The maximum absolute atomic E-state index is 4.61. The van der Waals surface area contributed by atoms with Crippen LogP contribution in [0.3, 0.4) is 0 Å². The first-order chi connectivity index (χ1) is 27.4. The van der Waals surface area contributed by atoms with Crippen LogP contribution >= 0.6 is 0 Å². The maximum Gasteiger partial charge on any atom is 0.105 e. The number of anilines is 2. The van der Waals surface area contributed by atoms with E-state index in [1.54, 1.807) is 31.1 Å². The molecule has 0 aliphatic carbocycles. The first kappa shape index (κ1) is 34.4. The van der Waals surface area contributed by atoms with Crippen molar-refractivity contribution in [2.24, 2.45) is 21.1 Å². The minimum Gasteiger partial charge on any atom is -0.379 e. The van der Waals surface area contributed by atoms with Gasteiger partial charge in [-0.2, -0.15) is 0 Å². The van der Waals surface area contributed by atoms with Gasteiger partial charge in [0, 0.05) is 98.1 Å². The van der Waals surface area contributed by atoms with Gasteiger partial charge in [0.2, 0.25) is 0 Å². The fraction of sp³-hybridized carbons (Fsp3) is 0.136. The number of aromatic nitrogens is 10. The highest BCUT2D eigenvalue weighted by Gasteiger charge is 2.13. The van der Waals surface area contributed by atoms with Crippen molar-refractivity contribution in [2.45, 2.75) is 20.0 Å². The second-order valence-corrected chi connectivity index (χ2v) is 13.9. The van der Waals surface area contributed by atoms with E-state index in [-0.39, 0.29) is 0 Å². The predicted molar refractivity (Wildman–Crippen MR) is 224 cm³/mol. The molecule has 12 heteroatoms. The summed E-state index contributed by atoms with van der Waals surface area (Å²) in [6.07, 6.45) is 16.5. The normalized spacial score (nSPS) is 11.4. The van der Waals surface area contributed by atoms with E-state index in [1.165, 1.54) is 21.8 Å². The van der Waals surface area contributed by atoms with Crippen LogP contribution < -0.4 is 10.6 Å². The molecule has 10 aromatic rings. The van der Waals surface area contributed by atoms with Crippen LogP contribution in [0.4, 0.5) is 11.4 Å². The fourth-order valence-electron chi connectivity index (χ4n) is 7.14. The van der Waals surface area contributed by atoms with E-state index in [0.717, 1.165) is 72.9 Å². The van der Waals surface area contributed by atoms with Gasteiger partial charge < -0.3 is 29.3 Å². The monoisotopic (exact) mass is 736 g/mol. The fourth-order valence-corrected chi connectivity index (χ4v) is 7.14. The van der Waals surface area contributed by atoms with Gasteiger partial charge in [-0.25, -0.2) is 9.97 Å². The van der Waals surface area contributed by atoms with Crippen molar-refractivity contribution in [3.63, 3.8) is 0 Å². The summed E-state index contributed by atoms with van der Waals surface area (Å²) in [5.41, 5.74) is 14.5. The first-order valence-electron chi connectivity index (χ1n) is 18.4. The average Bonchev–Trinajstić information content (AvgIpc) is 4.04. The van der Waals surface area contributed by atoms with E-state index < -0.39 is 0 Å². The van der Waals surface area contributed by atoms with Gasteiger partial charge in [0.15, 0.2) is 0 Å². The molecule has 0 fully saturated rings. The molecule has 276 valence electrons. The highest BCUT2D eigenvalue weighted by molar-refractivity contribution is 5.98. The topological polar surface area (TPSA) is 132 Å². The molecule has 0 atom stereocenters. The molecular formula is C44H40N12. The lowest BCUT2D eigenvalue weighted by Gasteiger charge is -2.12. The zero-order valence-corrected chi connectivity index (χ0v) is 31.6. The number of nitrogens with zero attached hydrogens (tertiary/aromatic N) is 9. The number of fused-ring (bicyclic) bond motifs is 4. The average molecular weight is 737 g/mol. The summed E-state index contributed by atoms with van der Waals surface area (Å²) in [5.74, 6) is 1.00. The van der Waals surface area contributed by atoms with Gasteiger partial charge in [-0.1, -0.05) is 24.3 Å². The molecule has 56 heavy (non-hydrogen) atoms. The summed E-state index contributed by atoms with van der Waals surface area (Å²) in [4.78, 5) is 29.8. The van der Waals surface area contributed by atoms with Gasteiger partial charge in [-0.05, 0) is 77.4 Å². The third kappa shape index (κ3) is 6.68. The second-order valence-electron chi connectivity index (χ2n) is 13.9. The molecule has 0 radical (unpaired) electrons. The van der Waals surface area contributed by atoms with E-state index in [2.05, 4.69) is 152 Å². The standard InChI is InChI=1S/C23H22N6.C21H18N6/c1-15-26-13-19(29(15)3)14-27-18-11-20(23-21(12-18)24-7-8-25-23)17-5-4-16-6-9-28(2)22(16)10-17;1-27-7-4-14-2-3-15(8-20(14)27)18-9-16(25-12-17-11-22-13-26-17)10-19-21(18)24-6-5-23-19/h4-13,27H,14H2,1-3H3;2-11,13,25H,12H2,1H3,(H,22,26). The Hall–Kier alpha value is -7.34. The highest BCUT2D eigenvalue weighted by atomic mass is 15.1. The van der Waals surface area contributed by atoms with E-state index in [0.29, 0.717) is 13.1 Å². The lowest BCUT2D eigenvalue weighted by atomic mass is 10.0. The van der Waals surface area contributed by atoms with Gasteiger partial charge in [0.25, 0.3) is 0 Å². The number of nitrogens with one attached hydrogen (secondary N) is 3. The zero-order chi connectivity index (χ0) is 38.2. The van der Waals surface area contributed by atoms with Crippen LogP contribution in [0.15, 0.2) is 129 Å². The molecule has 3 N–H and O–H groups in total. The summed E-state index contributed by atoms with van der Waals surface area (Å²) in [7, 11) is 6.16. The zero-order valence-electron chi connectivity index (χ0n) is 31.6. The van der Waals surface area contributed by atoms with Crippen LogP contribution in [-0.4, -0.2) is 48.6 Å². The maximum atomic E-state index is 4.61. The van der Waals surface area contributed by atoms with Crippen LogP contribution in [0.5, 0.6) is 0 Å². The molecule has 0 unspecified atom stereocenters. The SMILES string of the molecule is Cc1ncc(CNc2cc(-c3ccc4ccn(C)c4c3)c3nccnc3c2)n1C.Cn1ccc2ccc(-c3cc(NCc4cnc[nH]4)cc4nccnc34)cc21. The molecule has 0 aliphatic heterocycles. The second kappa shape index (κ2) is 14.5. The van der Waals surface area contributed by atoms with Crippen molar-refractivity contribution >= 4 is 55.2 Å². The summed E-state index contributed by atoms with van der Waals surface area (Å²) in [5, 5.41) is 9.43. The predicted octanol–water partition coefficient (Wildman–Crippen LogP) is 8.57. The summed E-state index contributed by atoms with van der Waals surface area (Å²) >= 11 is 0. The Morgan fingerprint density at radius 3 is 1.66 bits per heavy atom. The van der Waals surface area contributed by atoms with Crippen LogP contribution in [0.2, 0.25) is 0 Å². The van der Waals surface area contributed by atoms with Crippen LogP contribution in [0.1, 0.15) is 17.2 Å². The van der Waals surface area contributed by atoms with Crippen molar-refractivity contribution in [1.29, 1.82) is 0 Å². The largest absolute Gasteiger partial charge is 0.379 e. The van der Waals surface area contributed by atoms with Crippen LogP contribution in [-0.2, 0) is 34.2 Å². The van der Waals surface area contributed by atoms with E-state index in [9.17, 15) is 0 Å². The molecule has 6 heterocycles. The van der Waals surface area contributed by atoms with Crippen molar-refractivity contribution in [2.75, 3.05) is 10.6 Å². The van der Waals surface area contributed by atoms with Crippen molar-refractivity contribution in [1.82, 2.24) is 48.6 Å². The van der Waals surface area contributed by atoms with Gasteiger partial charge in [-0.3, -0.25) is 19.9 Å². The molecule has 0 aliphatic rings. The Bertz CT molecular complexity index is 2990. The number of aryl methyl sites for hydroxylation is 3. The Morgan fingerprint density at radius 1 is 0.589 bits per heavy atom. The van der Waals surface area contributed by atoms with Crippen molar-refractivity contribution in [3.05, 3.63) is 146 Å². The Kier molecular flexibility index (Phi) is 8.90. The molecule has 10 rings (SSSR count). The third-order valence-corrected chi connectivity index (χ3v) is 10.4. The number of hydrogen-bond donors (Lipinski definition) is 3. The quantitative estimate of drug-likeness (QED) is 0.141. The number of rotatable bonds is 8. The van der Waals surface area contributed by atoms with Crippen LogP contribution in [0.25, 0.3) is 66.1 Å².